The van der Waals surface area contributed by atoms with E-state index in [4.69, 9.17) is 17.3 Å². The van der Waals surface area contributed by atoms with Crippen molar-refractivity contribution < 1.29 is 4.79 Å². The molecule has 3 nitrogen and oxygen atoms in total. The molecule has 0 aromatic heterocycles. The predicted molar refractivity (Wildman–Crippen MR) is 72.3 cm³/mol. The third-order valence-electron chi connectivity index (χ3n) is 3.06. The monoisotopic (exact) mass is 254 g/mol. The van der Waals surface area contributed by atoms with Gasteiger partial charge < -0.3 is 10.6 Å². The quantitative estimate of drug-likeness (QED) is 0.843. The minimum Gasteiger partial charge on any atom is -0.399 e. The summed E-state index contributed by atoms with van der Waals surface area (Å²) in [4.78, 5) is 13.9. The molecular weight excluding hydrogens is 236 g/mol. The molecule has 0 saturated carbocycles. The molecule has 1 atom stereocenters. The van der Waals surface area contributed by atoms with Crippen molar-refractivity contribution in [2.45, 2.75) is 26.8 Å². The Morgan fingerprint density at radius 3 is 2.35 bits per heavy atom. The summed E-state index contributed by atoms with van der Waals surface area (Å²) >= 11 is 5.89. The van der Waals surface area contributed by atoms with E-state index in [1.807, 2.05) is 6.92 Å². The molecule has 0 fully saturated rings. The zero-order chi connectivity index (χ0) is 13.2. The molecule has 0 radical (unpaired) electrons. The number of anilines is 1. The minimum absolute atomic E-state index is 0.0552. The maximum absolute atomic E-state index is 12.2. The van der Waals surface area contributed by atoms with Crippen molar-refractivity contribution in [1.82, 2.24) is 4.90 Å². The van der Waals surface area contributed by atoms with E-state index in [-0.39, 0.29) is 11.9 Å². The Balaban J connectivity index is 2.96. The summed E-state index contributed by atoms with van der Waals surface area (Å²) in [5.41, 5.74) is 6.72. The minimum atomic E-state index is -0.0552. The van der Waals surface area contributed by atoms with Crippen LogP contribution in [0.1, 0.15) is 31.1 Å². The summed E-state index contributed by atoms with van der Waals surface area (Å²) < 4.78 is 0. The lowest BCUT2D eigenvalue weighted by molar-refractivity contribution is 0.0707. The van der Waals surface area contributed by atoms with Gasteiger partial charge in [-0.3, -0.25) is 4.79 Å². The molecule has 1 rings (SSSR count). The van der Waals surface area contributed by atoms with Gasteiger partial charge in [-0.2, -0.15) is 0 Å². The maximum Gasteiger partial charge on any atom is 0.253 e. The first-order chi connectivity index (χ1) is 7.82. The van der Waals surface area contributed by atoms with Crippen molar-refractivity contribution in [3.8, 4) is 0 Å². The van der Waals surface area contributed by atoms with E-state index >= 15 is 0 Å². The summed E-state index contributed by atoms with van der Waals surface area (Å²) in [6.07, 6.45) is 0. The summed E-state index contributed by atoms with van der Waals surface area (Å²) in [6, 6.07) is 5.09. The molecular formula is C13H19ClN2O. The number of halogens is 1. The fourth-order valence-corrected chi connectivity index (χ4v) is 1.82. The Morgan fingerprint density at radius 1 is 1.29 bits per heavy atom. The number of amides is 1. The SMILES string of the molecule is CC(C)C(C)N(C)C(=O)c1cc(N)cc(Cl)c1. The van der Waals surface area contributed by atoms with Crippen molar-refractivity contribution in [3.05, 3.63) is 28.8 Å². The topological polar surface area (TPSA) is 46.3 Å². The number of nitrogen functional groups attached to an aromatic ring is 1. The van der Waals surface area contributed by atoms with E-state index in [9.17, 15) is 4.79 Å². The third-order valence-corrected chi connectivity index (χ3v) is 3.28. The van der Waals surface area contributed by atoms with Gasteiger partial charge in [0.2, 0.25) is 0 Å². The molecule has 2 N–H and O–H groups in total. The number of nitrogens with two attached hydrogens (primary N) is 1. The normalized spacial score (nSPS) is 12.6. The summed E-state index contributed by atoms with van der Waals surface area (Å²) in [6.45, 7) is 6.19. The van der Waals surface area contributed by atoms with Gasteiger partial charge in [0, 0.05) is 29.4 Å². The standard InChI is InChI=1S/C13H19ClN2O/c1-8(2)9(3)16(4)13(17)10-5-11(14)7-12(15)6-10/h5-9H,15H2,1-4H3. The van der Waals surface area contributed by atoms with E-state index in [0.29, 0.717) is 22.2 Å². The van der Waals surface area contributed by atoms with Gasteiger partial charge >= 0.3 is 0 Å². The van der Waals surface area contributed by atoms with E-state index in [1.54, 1.807) is 30.1 Å². The Hall–Kier alpha value is -1.22. The second-order valence-electron chi connectivity index (χ2n) is 4.67. The molecule has 0 saturated heterocycles. The van der Waals surface area contributed by atoms with Gasteiger partial charge in [-0.05, 0) is 31.0 Å². The number of rotatable bonds is 3. The number of hydrogen-bond acceptors (Lipinski definition) is 2. The fraction of sp³-hybridized carbons (Fsp3) is 0.462. The summed E-state index contributed by atoms with van der Waals surface area (Å²) in [5, 5.41) is 0.485. The van der Waals surface area contributed by atoms with Crippen molar-refractivity contribution in [3.63, 3.8) is 0 Å². The van der Waals surface area contributed by atoms with Crippen LogP contribution in [0.2, 0.25) is 5.02 Å². The number of hydrogen-bond donors (Lipinski definition) is 1. The second-order valence-corrected chi connectivity index (χ2v) is 5.11. The van der Waals surface area contributed by atoms with Crippen molar-refractivity contribution >= 4 is 23.2 Å². The first-order valence-electron chi connectivity index (χ1n) is 5.66. The van der Waals surface area contributed by atoms with Crippen LogP contribution in [0, 0.1) is 5.92 Å². The van der Waals surface area contributed by atoms with Crippen LogP contribution in [0.25, 0.3) is 0 Å². The molecule has 0 heterocycles. The molecule has 0 aliphatic rings. The molecule has 0 bridgehead atoms. The van der Waals surface area contributed by atoms with Crippen LogP contribution in [0.15, 0.2) is 18.2 Å². The zero-order valence-electron chi connectivity index (χ0n) is 10.7. The average Bonchev–Trinajstić information content (AvgIpc) is 2.24. The Kier molecular flexibility index (Phi) is 4.40. The van der Waals surface area contributed by atoms with Crippen LogP contribution in [0.3, 0.4) is 0 Å². The van der Waals surface area contributed by atoms with Crippen LogP contribution >= 0.6 is 11.6 Å². The van der Waals surface area contributed by atoms with E-state index in [0.717, 1.165) is 0 Å². The number of carbonyl (C=O) groups excluding carboxylic acids is 1. The largest absolute Gasteiger partial charge is 0.399 e. The lowest BCUT2D eigenvalue weighted by Crippen LogP contribution is -2.38. The molecule has 0 aliphatic carbocycles. The molecule has 0 aliphatic heterocycles. The highest BCUT2D eigenvalue weighted by Crippen LogP contribution is 2.19. The highest BCUT2D eigenvalue weighted by atomic mass is 35.5. The lowest BCUT2D eigenvalue weighted by atomic mass is 10.0. The molecule has 1 unspecified atom stereocenters. The number of nitrogens with zero attached hydrogens (tertiary/aromatic N) is 1. The van der Waals surface area contributed by atoms with Gasteiger partial charge in [-0.25, -0.2) is 0 Å². The average molecular weight is 255 g/mol. The lowest BCUT2D eigenvalue weighted by Gasteiger charge is -2.28. The molecule has 0 spiro atoms. The molecule has 1 amide bonds. The number of benzene rings is 1. The first-order valence-corrected chi connectivity index (χ1v) is 6.04. The van der Waals surface area contributed by atoms with Crippen LogP contribution < -0.4 is 5.73 Å². The Labute approximate surface area is 108 Å². The molecule has 1 aromatic carbocycles. The van der Waals surface area contributed by atoms with Crippen LogP contribution in [-0.2, 0) is 0 Å². The Bertz CT molecular complexity index is 398. The van der Waals surface area contributed by atoms with Crippen LogP contribution in [-0.4, -0.2) is 23.9 Å². The smallest absolute Gasteiger partial charge is 0.253 e. The maximum atomic E-state index is 12.2. The van der Waals surface area contributed by atoms with Crippen molar-refractivity contribution in [2.75, 3.05) is 12.8 Å². The van der Waals surface area contributed by atoms with Gasteiger partial charge in [0.25, 0.3) is 5.91 Å². The van der Waals surface area contributed by atoms with E-state index in [1.165, 1.54) is 0 Å². The molecule has 1 aromatic rings. The van der Waals surface area contributed by atoms with Crippen LogP contribution in [0.5, 0.6) is 0 Å². The van der Waals surface area contributed by atoms with Crippen molar-refractivity contribution in [1.29, 1.82) is 0 Å². The summed E-state index contributed by atoms with van der Waals surface area (Å²) in [7, 11) is 1.80. The highest BCUT2D eigenvalue weighted by Gasteiger charge is 2.20. The number of carbonyl (C=O) groups is 1. The van der Waals surface area contributed by atoms with E-state index in [2.05, 4.69) is 13.8 Å². The van der Waals surface area contributed by atoms with Gasteiger partial charge in [-0.1, -0.05) is 25.4 Å². The first kappa shape index (κ1) is 13.8. The van der Waals surface area contributed by atoms with Gasteiger partial charge in [-0.15, -0.1) is 0 Å². The van der Waals surface area contributed by atoms with Gasteiger partial charge in [0.15, 0.2) is 0 Å². The highest BCUT2D eigenvalue weighted by molar-refractivity contribution is 6.31. The predicted octanol–water partition coefficient (Wildman–Crippen LogP) is 3.04. The zero-order valence-corrected chi connectivity index (χ0v) is 11.5. The van der Waals surface area contributed by atoms with Crippen LogP contribution in [0.4, 0.5) is 5.69 Å². The van der Waals surface area contributed by atoms with E-state index < -0.39 is 0 Å². The summed E-state index contributed by atoms with van der Waals surface area (Å²) in [5.74, 6) is 0.348. The van der Waals surface area contributed by atoms with Gasteiger partial charge in [0.05, 0.1) is 0 Å². The Morgan fingerprint density at radius 2 is 1.88 bits per heavy atom. The van der Waals surface area contributed by atoms with Crippen molar-refractivity contribution in [2.24, 2.45) is 5.92 Å². The third kappa shape index (κ3) is 3.37. The molecule has 94 valence electrons. The second kappa shape index (κ2) is 5.41. The van der Waals surface area contributed by atoms with Gasteiger partial charge in [0.1, 0.15) is 0 Å². The molecule has 17 heavy (non-hydrogen) atoms. The fourth-order valence-electron chi connectivity index (χ4n) is 1.57. The molecule has 4 heteroatoms.